The molecule has 2 aromatic carbocycles. The number of likely N-dealkylation sites (tertiary alicyclic amines) is 1. The SMILES string of the molecule is CCOC(=O)N1CCC(NC(=O)c2ccc(Nc3nc(N)c(C(=O)c4c(F)cccc4F)s3)cc2)CC1. The first-order valence-corrected chi connectivity index (χ1v) is 12.4. The first-order valence-electron chi connectivity index (χ1n) is 11.6. The molecule has 12 heteroatoms. The van der Waals surface area contributed by atoms with Gasteiger partial charge in [0.15, 0.2) is 5.13 Å². The fourth-order valence-corrected chi connectivity index (χ4v) is 4.75. The smallest absolute Gasteiger partial charge is 0.409 e. The van der Waals surface area contributed by atoms with Crippen LogP contribution in [0.5, 0.6) is 0 Å². The highest BCUT2D eigenvalue weighted by Gasteiger charge is 2.26. The van der Waals surface area contributed by atoms with E-state index in [1.807, 2.05) is 0 Å². The first-order chi connectivity index (χ1) is 17.8. The van der Waals surface area contributed by atoms with E-state index < -0.39 is 23.0 Å². The normalized spacial score (nSPS) is 13.8. The molecule has 2 heterocycles. The van der Waals surface area contributed by atoms with Gasteiger partial charge in [0.05, 0.1) is 12.2 Å². The molecule has 0 atom stereocenters. The van der Waals surface area contributed by atoms with Gasteiger partial charge in [-0.15, -0.1) is 0 Å². The summed E-state index contributed by atoms with van der Waals surface area (Å²) in [5.74, 6) is -3.24. The second kappa shape index (κ2) is 11.3. The summed E-state index contributed by atoms with van der Waals surface area (Å²) >= 11 is 0.867. The summed E-state index contributed by atoms with van der Waals surface area (Å²) in [5.41, 5.74) is 6.17. The van der Waals surface area contributed by atoms with E-state index in [4.69, 9.17) is 10.5 Å². The van der Waals surface area contributed by atoms with Crippen LogP contribution in [0.15, 0.2) is 42.5 Å². The van der Waals surface area contributed by atoms with Gasteiger partial charge in [-0.3, -0.25) is 9.59 Å². The molecule has 0 spiro atoms. The number of nitrogen functional groups attached to an aromatic ring is 1. The predicted molar refractivity (Wildman–Crippen MR) is 135 cm³/mol. The molecule has 3 aromatic rings. The molecule has 1 aliphatic rings. The molecule has 4 N–H and O–H groups in total. The first kappa shape index (κ1) is 26.0. The Balaban J connectivity index is 1.35. The van der Waals surface area contributed by atoms with E-state index in [1.165, 1.54) is 6.07 Å². The average Bonchev–Trinajstić information content (AvgIpc) is 3.24. The lowest BCUT2D eigenvalue weighted by Crippen LogP contribution is -2.46. The minimum Gasteiger partial charge on any atom is -0.450 e. The van der Waals surface area contributed by atoms with E-state index in [0.29, 0.717) is 43.8 Å². The van der Waals surface area contributed by atoms with Gasteiger partial charge in [-0.1, -0.05) is 17.4 Å². The van der Waals surface area contributed by atoms with Crippen molar-refractivity contribution in [2.24, 2.45) is 0 Å². The Morgan fingerprint density at radius 1 is 1.11 bits per heavy atom. The molecule has 2 amide bonds. The molecule has 1 aliphatic heterocycles. The van der Waals surface area contributed by atoms with Crippen LogP contribution in [0.4, 0.5) is 30.2 Å². The van der Waals surface area contributed by atoms with Crippen molar-refractivity contribution in [2.75, 3.05) is 30.7 Å². The number of piperidine rings is 1. The topological polar surface area (TPSA) is 127 Å². The van der Waals surface area contributed by atoms with Crippen LogP contribution < -0.4 is 16.4 Å². The minimum atomic E-state index is -0.981. The predicted octanol–water partition coefficient (Wildman–Crippen LogP) is 4.33. The summed E-state index contributed by atoms with van der Waals surface area (Å²) in [4.78, 5) is 42.7. The second-order valence-corrected chi connectivity index (χ2v) is 9.29. The summed E-state index contributed by atoms with van der Waals surface area (Å²) in [6.45, 7) is 3.10. The second-order valence-electron chi connectivity index (χ2n) is 8.30. The minimum absolute atomic E-state index is 0.0514. The van der Waals surface area contributed by atoms with Crippen molar-refractivity contribution in [3.8, 4) is 0 Å². The zero-order chi connectivity index (χ0) is 26.5. The van der Waals surface area contributed by atoms with Crippen molar-refractivity contribution in [1.82, 2.24) is 15.2 Å². The summed E-state index contributed by atoms with van der Waals surface area (Å²) in [6.07, 6.45) is 0.925. The number of ether oxygens (including phenoxy) is 1. The molecule has 0 aliphatic carbocycles. The zero-order valence-electron chi connectivity index (χ0n) is 19.9. The number of rotatable bonds is 7. The highest BCUT2D eigenvalue weighted by molar-refractivity contribution is 7.18. The van der Waals surface area contributed by atoms with Crippen LogP contribution >= 0.6 is 11.3 Å². The standard InChI is InChI=1S/C25H25F2N5O4S/c1-2-36-25(35)32-12-10-16(11-13-32)29-23(34)14-6-8-15(9-7-14)30-24-31-22(28)21(37-24)20(33)19-17(26)4-3-5-18(19)27/h3-9,16H,2,10-13,28H2,1H3,(H,29,34)(H,30,31). The number of aromatic nitrogens is 1. The lowest BCUT2D eigenvalue weighted by molar-refractivity contribution is 0.0859. The highest BCUT2D eigenvalue weighted by atomic mass is 32.1. The van der Waals surface area contributed by atoms with Gasteiger partial charge in [0.2, 0.25) is 5.78 Å². The third kappa shape index (κ3) is 6.02. The quantitative estimate of drug-likeness (QED) is 0.389. The van der Waals surface area contributed by atoms with Crippen molar-refractivity contribution in [1.29, 1.82) is 0 Å². The maximum Gasteiger partial charge on any atom is 0.409 e. The van der Waals surface area contributed by atoms with Crippen molar-refractivity contribution in [2.45, 2.75) is 25.8 Å². The molecule has 0 unspecified atom stereocenters. The summed E-state index contributed by atoms with van der Waals surface area (Å²) in [7, 11) is 0. The van der Waals surface area contributed by atoms with Crippen molar-refractivity contribution in [3.63, 3.8) is 0 Å². The Kier molecular flexibility index (Phi) is 7.97. The van der Waals surface area contributed by atoms with E-state index in [2.05, 4.69) is 15.6 Å². The zero-order valence-corrected chi connectivity index (χ0v) is 20.7. The number of carbonyl (C=O) groups excluding carboxylic acids is 3. The Hall–Kier alpha value is -4.06. The Bertz CT molecular complexity index is 1290. The van der Waals surface area contributed by atoms with Gasteiger partial charge in [-0.05, 0) is 56.2 Å². The van der Waals surface area contributed by atoms with Crippen LogP contribution in [-0.4, -0.2) is 53.4 Å². The van der Waals surface area contributed by atoms with Gasteiger partial charge in [0.25, 0.3) is 5.91 Å². The molecular weight excluding hydrogens is 504 g/mol. The number of hydrogen-bond donors (Lipinski definition) is 3. The van der Waals surface area contributed by atoms with Crippen molar-refractivity contribution in [3.05, 3.63) is 70.1 Å². The number of nitrogens with zero attached hydrogens (tertiary/aromatic N) is 2. The molecule has 1 saturated heterocycles. The van der Waals surface area contributed by atoms with Gasteiger partial charge in [-0.25, -0.2) is 18.6 Å². The van der Waals surface area contributed by atoms with Crippen molar-refractivity contribution < 1.29 is 27.9 Å². The van der Waals surface area contributed by atoms with Gasteiger partial charge in [0, 0.05) is 30.4 Å². The summed E-state index contributed by atoms with van der Waals surface area (Å²) in [6, 6.07) is 9.69. The maximum absolute atomic E-state index is 14.0. The van der Waals surface area contributed by atoms with E-state index >= 15 is 0 Å². The third-order valence-corrected chi connectivity index (χ3v) is 6.79. The van der Waals surface area contributed by atoms with Gasteiger partial charge >= 0.3 is 6.09 Å². The van der Waals surface area contributed by atoms with Crippen LogP contribution in [0, 0.1) is 11.6 Å². The molecule has 9 nitrogen and oxygen atoms in total. The van der Waals surface area contributed by atoms with Gasteiger partial charge in [0.1, 0.15) is 22.3 Å². The number of nitrogens with one attached hydrogen (secondary N) is 2. The van der Waals surface area contributed by atoms with Crippen LogP contribution in [0.3, 0.4) is 0 Å². The summed E-state index contributed by atoms with van der Waals surface area (Å²) in [5, 5.41) is 6.21. The van der Waals surface area contributed by atoms with Crippen LogP contribution in [0.2, 0.25) is 0 Å². The van der Waals surface area contributed by atoms with E-state index in [-0.39, 0.29) is 33.9 Å². The number of amides is 2. The van der Waals surface area contributed by atoms with Gasteiger partial charge in [-0.2, -0.15) is 0 Å². The molecule has 37 heavy (non-hydrogen) atoms. The van der Waals surface area contributed by atoms with Crippen molar-refractivity contribution >= 4 is 45.8 Å². The molecule has 1 aromatic heterocycles. The van der Waals surface area contributed by atoms with E-state index in [0.717, 1.165) is 23.5 Å². The Morgan fingerprint density at radius 2 is 1.76 bits per heavy atom. The lowest BCUT2D eigenvalue weighted by Gasteiger charge is -2.31. The fraction of sp³-hybridized carbons (Fsp3) is 0.280. The number of nitrogens with two attached hydrogens (primary N) is 1. The lowest BCUT2D eigenvalue weighted by atomic mass is 10.0. The van der Waals surface area contributed by atoms with E-state index in [9.17, 15) is 23.2 Å². The number of thiazole rings is 1. The summed E-state index contributed by atoms with van der Waals surface area (Å²) < 4.78 is 33.0. The van der Waals surface area contributed by atoms with Gasteiger partial charge < -0.3 is 26.0 Å². The van der Waals surface area contributed by atoms with E-state index in [1.54, 1.807) is 36.1 Å². The largest absolute Gasteiger partial charge is 0.450 e. The third-order valence-electron chi connectivity index (χ3n) is 5.80. The Morgan fingerprint density at radius 3 is 2.38 bits per heavy atom. The molecule has 0 bridgehead atoms. The molecule has 4 rings (SSSR count). The molecular formula is C25H25F2N5O4S. The Labute approximate surface area is 215 Å². The number of hydrogen-bond acceptors (Lipinski definition) is 8. The van der Waals surface area contributed by atoms with Crippen LogP contribution in [0.25, 0.3) is 0 Å². The highest BCUT2D eigenvalue weighted by Crippen LogP contribution is 2.31. The molecule has 194 valence electrons. The number of carbonyl (C=O) groups is 3. The maximum atomic E-state index is 14.0. The molecule has 0 radical (unpaired) electrons. The number of anilines is 3. The van der Waals surface area contributed by atoms with Crippen LogP contribution in [-0.2, 0) is 4.74 Å². The average molecular weight is 530 g/mol. The molecule has 0 saturated carbocycles. The number of benzene rings is 2. The fourth-order valence-electron chi connectivity index (χ4n) is 3.89. The number of ketones is 1. The van der Waals surface area contributed by atoms with Crippen LogP contribution in [0.1, 0.15) is 45.4 Å². The molecule has 1 fully saturated rings. The number of halogens is 2. The monoisotopic (exact) mass is 529 g/mol.